The van der Waals surface area contributed by atoms with Crippen molar-refractivity contribution in [1.29, 1.82) is 0 Å². The minimum Gasteiger partial charge on any atom is -0.309 e. The third-order valence-electron chi connectivity index (χ3n) is 12.4. The molecule has 3 heteroatoms. The second-order valence-corrected chi connectivity index (χ2v) is 17.1. The first kappa shape index (κ1) is 36.8. The monoisotopic (exact) mass is 820 g/mol. The van der Waals surface area contributed by atoms with Gasteiger partial charge < -0.3 is 9.47 Å². The largest absolute Gasteiger partial charge is 0.309 e. The summed E-state index contributed by atoms with van der Waals surface area (Å²) in [6, 6.07) is 88.4. The third-order valence-corrected chi connectivity index (χ3v) is 13.6. The average molecular weight is 821 g/mol. The third kappa shape index (κ3) is 6.33. The van der Waals surface area contributed by atoms with Gasteiger partial charge in [-0.25, -0.2) is 0 Å². The summed E-state index contributed by atoms with van der Waals surface area (Å²) in [5.74, 6) is 0. The fourth-order valence-electron chi connectivity index (χ4n) is 9.62. The summed E-state index contributed by atoms with van der Waals surface area (Å²) in [6.07, 6.45) is 0. The first-order valence-corrected chi connectivity index (χ1v) is 22.3. The van der Waals surface area contributed by atoms with E-state index >= 15 is 0 Å². The lowest BCUT2D eigenvalue weighted by Crippen LogP contribution is -2.11. The summed E-state index contributed by atoms with van der Waals surface area (Å²) in [7, 11) is 0. The number of hydrogen-bond donors (Lipinski definition) is 0. The number of fused-ring (bicyclic) bond motifs is 6. The number of anilines is 3. The molecule has 0 aliphatic rings. The van der Waals surface area contributed by atoms with E-state index < -0.39 is 0 Å². The summed E-state index contributed by atoms with van der Waals surface area (Å²) in [5, 5.41) is 5.06. The summed E-state index contributed by atoms with van der Waals surface area (Å²) in [5.41, 5.74) is 16.4. The van der Waals surface area contributed by atoms with Gasteiger partial charge in [-0.15, -0.1) is 11.3 Å². The van der Waals surface area contributed by atoms with Crippen LogP contribution in [0.1, 0.15) is 0 Å². The number of benzene rings is 10. The van der Waals surface area contributed by atoms with E-state index in [2.05, 4.69) is 252 Å². The van der Waals surface area contributed by atoms with Crippen molar-refractivity contribution >= 4 is 70.4 Å². The van der Waals surface area contributed by atoms with E-state index in [1.165, 1.54) is 75.4 Å². The zero-order valence-corrected chi connectivity index (χ0v) is 35.2. The lowest BCUT2D eigenvalue weighted by molar-refractivity contribution is 1.18. The van der Waals surface area contributed by atoms with Crippen molar-refractivity contribution in [3.63, 3.8) is 0 Å². The summed E-state index contributed by atoms with van der Waals surface area (Å²) in [4.78, 5) is 2.48. The van der Waals surface area contributed by atoms with Gasteiger partial charge in [0.05, 0.1) is 22.4 Å². The first-order valence-electron chi connectivity index (χ1n) is 21.5. The van der Waals surface area contributed by atoms with E-state index in [0.717, 1.165) is 33.9 Å². The van der Waals surface area contributed by atoms with E-state index in [4.69, 9.17) is 0 Å². The molecule has 0 unspecified atom stereocenters. The van der Waals surface area contributed by atoms with E-state index in [0.29, 0.717) is 0 Å². The Morgan fingerprint density at radius 1 is 0.317 bits per heavy atom. The number of aromatic nitrogens is 1. The van der Waals surface area contributed by atoms with Crippen molar-refractivity contribution in [3.05, 3.63) is 243 Å². The average Bonchev–Trinajstić information content (AvgIpc) is 3.91. The molecular formula is C60H40N2S. The molecule has 12 rings (SSSR count). The number of thiophene rings is 1. The van der Waals surface area contributed by atoms with Crippen molar-refractivity contribution in [3.8, 4) is 50.2 Å². The van der Waals surface area contributed by atoms with Gasteiger partial charge in [0.25, 0.3) is 0 Å². The highest BCUT2D eigenvalue weighted by Gasteiger charge is 2.23. The SMILES string of the molecule is c1ccc(-c2ccccc2-c2ccccc2-c2ccccc2N(c2ccc(-c3cccc(-n4c5ccccc5c5ccccc54)c3)cc2)c2cccc3sc4ccccc4c23)cc1. The van der Waals surface area contributed by atoms with Gasteiger partial charge in [0, 0.05) is 47.9 Å². The highest BCUT2D eigenvalue weighted by molar-refractivity contribution is 7.26. The highest BCUT2D eigenvalue weighted by Crippen LogP contribution is 2.49. The molecule has 0 amide bonds. The van der Waals surface area contributed by atoms with Crippen molar-refractivity contribution in [1.82, 2.24) is 4.57 Å². The van der Waals surface area contributed by atoms with Gasteiger partial charge in [0.1, 0.15) is 0 Å². The second-order valence-electron chi connectivity index (χ2n) is 16.0. The molecular weight excluding hydrogens is 781 g/mol. The topological polar surface area (TPSA) is 8.17 Å². The number of hydrogen-bond acceptors (Lipinski definition) is 2. The zero-order valence-electron chi connectivity index (χ0n) is 34.4. The van der Waals surface area contributed by atoms with Crippen molar-refractivity contribution in [2.24, 2.45) is 0 Å². The van der Waals surface area contributed by atoms with Gasteiger partial charge in [-0.2, -0.15) is 0 Å². The maximum absolute atomic E-state index is 2.48. The van der Waals surface area contributed by atoms with Crippen LogP contribution in [0, 0.1) is 0 Å². The Hall–Kier alpha value is -7.98. The molecule has 2 nitrogen and oxygen atoms in total. The maximum atomic E-state index is 2.48. The number of para-hydroxylation sites is 3. The Morgan fingerprint density at radius 2 is 0.825 bits per heavy atom. The molecule has 0 N–H and O–H groups in total. The normalized spacial score (nSPS) is 11.5. The molecule has 2 heterocycles. The number of rotatable bonds is 8. The lowest BCUT2D eigenvalue weighted by atomic mass is 9.88. The van der Waals surface area contributed by atoms with Crippen molar-refractivity contribution < 1.29 is 0 Å². The quantitative estimate of drug-likeness (QED) is 0.148. The minimum atomic E-state index is 1.09. The van der Waals surface area contributed by atoms with E-state index in [9.17, 15) is 0 Å². The molecule has 296 valence electrons. The van der Waals surface area contributed by atoms with Crippen molar-refractivity contribution in [2.75, 3.05) is 4.90 Å². The van der Waals surface area contributed by atoms with Crippen LogP contribution in [0.5, 0.6) is 0 Å². The van der Waals surface area contributed by atoms with Crippen LogP contribution >= 0.6 is 11.3 Å². The van der Waals surface area contributed by atoms with Crippen LogP contribution in [0.2, 0.25) is 0 Å². The second kappa shape index (κ2) is 15.5. The van der Waals surface area contributed by atoms with Crippen LogP contribution in [-0.2, 0) is 0 Å². The Morgan fingerprint density at radius 3 is 1.56 bits per heavy atom. The molecule has 0 saturated heterocycles. The molecule has 0 spiro atoms. The molecule has 0 atom stereocenters. The van der Waals surface area contributed by atoms with Gasteiger partial charge in [-0.1, -0.05) is 182 Å². The highest BCUT2D eigenvalue weighted by atomic mass is 32.1. The van der Waals surface area contributed by atoms with E-state index in [1.54, 1.807) is 0 Å². The van der Waals surface area contributed by atoms with Gasteiger partial charge in [0.15, 0.2) is 0 Å². The van der Waals surface area contributed by atoms with Gasteiger partial charge in [0.2, 0.25) is 0 Å². The molecule has 0 aliphatic carbocycles. The fraction of sp³-hybridized carbons (Fsp3) is 0. The standard InChI is InChI=1S/C60H40N2S/c1-2-18-42(19-3-1)46-22-4-5-23-47(46)48-24-6-7-25-49(48)50-26-8-12-30-54(50)61(57-33-17-35-59-60(57)53-29-11-15-34-58(53)63-59)44-38-36-41(37-39-44)43-20-16-21-45(40-43)62-55-31-13-9-27-51(55)52-28-10-14-32-56(52)62/h1-40H. The van der Waals surface area contributed by atoms with Gasteiger partial charge in [-0.3, -0.25) is 0 Å². The molecule has 0 radical (unpaired) electrons. The Balaban J connectivity index is 1.03. The summed E-state index contributed by atoms with van der Waals surface area (Å²) < 4.78 is 4.95. The smallest absolute Gasteiger partial charge is 0.0555 e. The van der Waals surface area contributed by atoms with Crippen LogP contribution in [0.3, 0.4) is 0 Å². The molecule has 0 fully saturated rings. The summed E-state index contributed by atoms with van der Waals surface area (Å²) in [6.45, 7) is 0. The molecule has 0 aliphatic heterocycles. The van der Waals surface area contributed by atoms with Crippen LogP contribution < -0.4 is 4.90 Å². The van der Waals surface area contributed by atoms with E-state index in [-0.39, 0.29) is 0 Å². The zero-order chi connectivity index (χ0) is 41.7. The van der Waals surface area contributed by atoms with Crippen LogP contribution in [0.15, 0.2) is 243 Å². The molecule has 2 aromatic heterocycles. The summed E-state index contributed by atoms with van der Waals surface area (Å²) >= 11 is 1.86. The Bertz CT molecular complexity index is 3580. The van der Waals surface area contributed by atoms with Gasteiger partial charge >= 0.3 is 0 Å². The Kier molecular flexibility index (Phi) is 9.06. The first-order chi connectivity index (χ1) is 31.3. The molecule has 0 saturated carbocycles. The maximum Gasteiger partial charge on any atom is 0.0555 e. The predicted octanol–water partition coefficient (Wildman–Crippen LogP) is 17.3. The Labute approximate surface area is 370 Å². The van der Waals surface area contributed by atoms with Crippen LogP contribution in [-0.4, -0.2) is 4.57 Å². The van der Waals surface area contributed by atoms with Crippen molar-refractivity contribution in [2.45, 2.75) is 0 Å². The van der Waals surface area contributed by atoms with Crippen LogP contribution in [0.4, 0.5) is 17.1 Å². The number of nitrogens with zero attached hydrogens (tertiary/aromatic N) is 2. The molecule has 10 aromatic carbocycles. The predicted molar refractivity (Wildman–Crippen MR) is 270 cm³/mol. The van der Waals surface area contributed by atoms with Crippen LogP contribution in [0.25, 0.3) is 92.2 Å². The minimum absolute atomic E-state index is 1.09. The molecule has 63 heavy (non-hydrogen) atoms. The lowest BCUT2D eigenvalue weighted by Gasteiger charge is -2.29. The van der Waals surface area contributed by atoms with E-state index in [1.807, 2.05) is 11.3 Å². The molecule has 12 aromatic rings. The fourth-order valence-corrected chi connectivity index (χ4v) is 10.7. The van der Waals surface area contributed by atoms with Gasteiger partial charge in [-0.05, 0) is 99.6 Å². The molecule has 0 bridgehead atoms.